The highest BCUT2D eigenvalue weighted by Crippen LogP contribution is 2.27. The molecular weight excluding hydrogens is 420 g/mol. The predicted molar refractivity (Wildman–Crippen MR) is 124 cm³/mol. The monoisotopic (exact) mass is 450 g/mol. The van der Waals surface area contributed by atoms with Gasteiger partial charge in [0.25, 0.3) is 5.91 Å². The van der Waals surface area contributed by atoms with E-state index in [9.17, 15) is 14.7 Å². The number of aliphatic hydroxyl groups is 1. The molecule has 0 unspecified atom stereocenters. The third-order valence-corrected chi connectivity index (χ3v) is 5.73. The summed E-state index contributed by atoms with van der Waals surface area (Å²) in [5.41, 5.74) is 1.66. The van der Waals surface area contributed by atoms with Gasteiger partial charge in [0.15, 0.2) is 0 Å². The Kier molecular flexibility index (Phi) is 8.01. The zero-order valence-electron chi connectivity index (χ0n) is 19.5. The fraction of sp³-hybridized carbons (Fsp3) is 0.440. The highest BCUT2D eigenvalue weighted by molar-refractivity contribution is 5.97. The summed E-state index contributed by atoms with van der Waals surface area (Å²) in [5.74, 6) is 5.93. The molecule has 0 spiro atoms. The number of carbonyl (C=O) groups is 2. The SMILES string of the molecule is CCC(=O)N(C)C[C@@H]1Oc2ncc(C#Cc3ccncc3)cc2C(=O)N([C@H](C)CO)C[C@@H]1C. The van der Waals surface area contributed by atoms with Crippen molar-refractivity contribution in [2.75, 3.05) is 26.7 Å². The first kappa shape index (κ1) is 24.2. The molecule has 0 radical (unpaired) electrons. The minimum atomic E-state index is -0.381. The molecule has 8 nitrogen and oxygen atoms in total. The Morgan fingerprint density at radius 3 is 2.70 bits per heavy atom. The quantitative estimate of drug-likeness (QED) is 0.700. The number of fused-ring (bicyclic) bond motifs is 1. The maximum Gasteiger partial charge on any atom is 0.259 e. The van der Waals surface area contributed by atoms with Crippen LogP contribution >= 0.6 is 0 Å². The Labute approximate surface area is 194 Å². The zero-order chi connectivity index (χ0) is 24.0. The van der Waals surface area contributed by atoms with Gasteiger partial charge in [0.1, 0.15) is 11.7 Å². The number of aliphatic hydroxyl groups excluding tert-OH is 1. The van der Waals surface area contributed by atoms with Crippen molar-refractivity contribution in [3.8, 4) is 17.7 Å². The van der Waals surface area contributed by atoms with Crippen molar-refractivity contribution in [1.82, 2.24) is 19.8 Å². The lowest BCUT2D eigenvalue weighted by Gasteiger charge is -2.37. The van der Waals surface area contributed by atoms with E-state index in [1.807, 2.05) is 13.8 Å². The number of likely N-dealkylation sites (N-methyl/N-ethyl adjacent to an activating group) is 1. The van der Waals surface area contributed by atoms with E-state index in [1.165, 1.54) is 0 Å². The van der Waals surface area contributed by atoms with E-state index in [2.05, 4.69) is 21.8 Å². The third kappa shape index (κ3) is 5.88. The number of carbonyl (C=O) groups excluding carboxylic acids is 2. The number of aromatic nitrogens is 2. The second kappa shape index (κ2) is 10.9. The number of hydrogen-bond donors (Lipinski definition) is 1. The van der Waals surface area contributed by atoms with Gasteiger partial charge in [-0.3, -0.25) is 14.6 Å². The Morgan fingerprint density at radius 2 is 2.03 bits per heavy atom. The van der Waals surface area contributed by atoms with Crippen molar-refractivity contribution >= 4 is 11.8 Å². The Morgan fingerprint density at radius 1 is 1.33 bits per heavy atom. The second-order valence-electron chi connectivity index (χ2n) is 8.31. The fourth-order valence-corrected chi connectivity index (χ4v) is 3.61. The minimum Gasteiger partial charge on any atom is -0.472 e. The molecule has 3 rings (SSSR count). The van der Waals surface area contributed by atoms with E-state index < -0.39 is 0 Å². The van der Waals surface area contributed by atoms with Crippen LogP contribution in [-0.2, 0) is 4.79 Å². The summed E-state index contributed by atoms with van der Waals surface area (Å²) in [4.78, 5) is 37.2. The van der Waals surface area contributed by atoms with Gasteiger partial charge < -0.3 is 19.6 Å². The first-order valence-corrected chi connectivity index (χ1v) is 11.1. The van der Waals surface area contributed by atoms with Crippen molar-refractivity contribution in [2.45, 2.75) is 39.3 Å². The largest absolute Gasteiger partial charge is 0.472 e. The minimum absolute atomic E-state index is 0.0134. The normalized spacial score (nSPS) is 18.7. The average Bonchev–Trinajstić information content (AvgIpc) is 2.84. The molecule has 33 heavy (non-hydrogen) atoms. The first-order valence-electron chi connectivity index (χ1n) is 11.1. The molecule has 1 N–H and O–H groups in total. The molecule has 0 bridgehead atoms. The van der Waals surface area contributed by atoms with Gasteiger partial charge in [-0.25, -0.2) is 4.98 Å². The van der Waals surface area contributed by atoms with Crippen LogP contribution in [0.25, 0.3) is 0 Å². The van der Waals surface area contributed by atoms with Crippen LogP contribution in [0.2, 0.25) is 0 Å². The van der Waals surface area contributed by atoms with E-state index in [0.29, 0.717) is 25.1 Å². The van der Waals surface area contributed by atoms with E-state index in [-0.39, 0.29) is 47.9 Å². The molecule has 1 aliphatic rings. The van der Waals surface area contributed by atoms with Crippen LogP contribution in [0, 0.1) is 17.8 Å². The molecule has 0 aliphatic carbocycles. The highest BCUT2D eigenvalue weighted by Gasteiger charge is 2.34. The van der Waals surface area contributed by atoms with E-state index >= 15 is 0 Å². The number of hydrogen-bond acceptors (Lipinski definition) is 6. The molecule has 3 atom stereocenters. The third-order valence-electron chi connectivity index (χ3n) is 5.73. The van der Waals surface area contributed by atoms with Gasteiger partial charge in [0, 0.05) is 55.6 Å². The second-order valence-corrected chi connectivity index (χ2v) is 8.31. The van der Waals surface area contributed by atoms with Gasteiger partial charge >= 0.3 is 0 Å². The zero-order valence-corrected chi connectivity index (χ0v) is 19.5. The van der Waals surface area contributed by atoms with E-state index in [4.69, 9.17) is 4.74 Å². The van der Waals surface area contributed by atoms with Gasteiger partial charge in [-0.15, -0.1) is 0 Å². The van der Waals surface area contributed by atoms with Crippen LogP contribution in [0.15, 0.2) is 36.8 Å². The molecule has 2 aromatic rings. The number of amides is 2. The summed E-state index contributed by atoms with van der Waals surface area (Å²) < 4.78 is 6.19. The standard InChI is InChI=1S/C25H30N4O4/c1-5-23(31)28(4)15-22-17(2)14-29(18(3)16-30)25(32)21-12-20(13-27-24(21)33-22)7-6-19-8-10-26-11-9-19/h8-13,17-18,22,30H,5,14-16H2,1-4H3/t17-,18+,22-/m0/s1. The lowest BCUT2D eigenvalue weighted by molar-refractivity contribution is -0.131. The summed E-state index contributed by atoms with van der Waals surface area (Å²) >= 11 is 0. The summed E-state index contributed by atoms with van der Waals surface area (Å²) in [7, 11) is 1.74. The fourth-order valence-electron chi connectivity index (χ4n) is 3.61. The average molecular weight is 451 g/mol. The van der Waals surface area contributed by atoms with Gasteiger partial charge in [-0.05, 0) is 25.1 Å². The number of nitrogens with zero attached hydrogens (tertiary/aromatic N) is 4. The van der Waals surface area contributed by atoms with E-state index in [1.54, 1.807) is 60.6 Å². The summed E-state index contributed by atoms with van der Waals surface area (Å²) in [6.07, 6.45) is 4.93. The summed E-state index contributed by atoms with van der Waals surface area (Å²) in [6.45, 7) is 6.17. The van der Waals surface area contributed by atoms with Crippen LogP contribution in [0.1, 0.15) is 48.7 Å². The molecule has 3 heterocycles. The topological polar surface area (TPSA) is 95.9 Å². The number of pyridine rings is 2. The van der Waals surface area contributed by atoms with Crippen molar-refractivity contribution in [3.63, 3.8) is 0 Å². The molecule has 0 fully saturated rings. The smallest absolute Gasteiger partial charge is 0.259 e. The Bertz CT molecular complexity index is 1050. The van der Waals surface area contributed by atoms with Crippen LogP contribution < -0.4 is 4.74 Å². The molecule has 0 saturated heterocycles. The van der Waals surface area contributed by atoms with Gasteiger partial charge in [-0.1, -0.05) is 25.7 Å². The summed E-state index contributed by atoms with van der Waals surface area (Å²) in [6, 6.07) is 4.89. The molecule has 8 heteroatoms. The van der Waals surface area contributed by atoms with Crippen LogP contribution in [0.4, 0.5) is 0 Å². The van der Waals surface area contributed by atoms with Crippen molar-refractivity contribution in [1.29, 1.82) is 0 Å². The van der Waals surface area contributed by atoms with Crippen molar-refractivity contribution in [3.05, 3.63) is 53.5 Å². The Balaban J connectivity index is 1.98. The molecule has 0 aromatic carbocycles. The summed E-state index contributed by atoms with van der Waals surface area (Å²) in [5, 5.41) is 9.76. The van der Waals surface area contributed by atoms with Crippen LogP contribution in [0.5, 0.6) is 5.88 Å². The highest BCUT2D eigenvalue weighted by atomic mass is 16.5. The molecule has 2 amide bonds. The van der Waals surface area contributed by atoms with Crippen LogP contribution in [0.3, 0.4) is 0 Å². The van der Waals surface area contributed by atoms with Crippen LogP contribution in [-0.4, -0.2) is 75.6 Å². The van der Waals surface area contributed by atoms with Crippen molar-refractivity contribution < 1.29 is 19.4 Å². The van der Waals surface area contributed by atoms with Gasteiger partial charge in [-0.2, -0.15) is 0 Å². The molecular formula is C25H30N4O4. The maximum atomic E-state index is 13.4. The Hall–Kier alpha value is -3.44. The molecule has 2 aromatic heterocycles. The molecule has 174 valence electrons. The number of rotatable bonds is 5. The lowest BCUT2D eigenvalue weighted by Crippen LogP contribution is -2.50. The molecule has 1 aliphatic heterocycles. The lowest BCUT2D eigenvalue weighted by atomic mass is 10.00. The van der Waals surface area contributed by atoms with Gasteiger partial charge in [0.2, 0.25) is 11.8 Å². The van der Waals surface area contributed by atoms with E-state index in [0.717, 1.165) is 5.56 Å². The predicted octanol–water partition coefficient (Wildman–Crippen LogP) is 1.96. The first-order chi connectivity index (χ1) is 15.8. The molecule has 0 saturated carbocycles. The van der Waals surface area contributed by atoms with Crippen molar-refractivity contribution in [2.24, 2.45) is 5.92 Å². The maximum absolute atomic E-state index is 13.4. The number of ether oxygens (including phenoxy) is 1. The van der Waals surface area contributed by atoms with Gasteiger partial charge in [0.05, 0.1) is 19.2 Å².